The first kappa shape index (κ1) is 22.0. The van der Waals surface area contributed by atoms with E-state index < -0.39 is 0 Å². The van der Waals surface area contributed by atoms with Crippen molar-refractivity contribution in [3.63, 3.8) is 0 Å². The Balaban J connectivity index is 1.55. The average molecular weight is 453 g/mol. The number of anilines is 2. The Hall–Kier alpha value is -3.26. The van der Waals surface area contributed by atoms with Crippen molar-refractivity contribution in [1.29, 1.82) is 0 Å². The monoisotopic (exact) mass is 452 g/mol. The Morgan fingerprint density at radius 2 is 1.84 bits per heavy atom. The van der Waals surface area contributed by atoms with Crippen molar-refractivity contribution in [2.24, 2.45) is 0 Å². The third kappa shape index (κ3) is 4.36. The Morgan fingerprint density at radius 3 is 2.50 bits per heavy atom. The van der Waals surface area contributed by atoms with Crippen molar-refractivity contribution in [1.82, 2.24) is 19.7 Å². The van der Waals surface area contributed by atoms with Gasteiger partial charge in [0.2, 0.25) is 11.8 Å². The van der Waals surface area contributed by atoms with Gasteiger partial charge >= 0.3 is 0 Å². The molecule has 1 N–H and O–H groups in total. The van der Waals surface area contributed by atoms with Gasteiger partial charge in [-0.05, 0) is 58.4 Å². The van der Waals surface area contributed by atoms with Crippen molar-refractivity contribution in [3.05, 3.63) is 57.6 Å². The molecule has 9 heteroatoms. The van der Waals surface area contributed by atoms with E-state index in [0.717, 1.165) is 40.4 Å². The van der Waals surface area contributed by atoms with Crippen LogP contribution in [0.2, 0.25) is 5.02 Å². The summed E-state index contributed by atoms with van der Waals surface area (Å²) in [6.07, 6.45) is 1.50. The highest BCUT2D eigenvalue weighted by Gasteiger charge is 2.23. The molecule has 0 saturated carbocycles. The molecule has 3 aromatic rings. The van der Waals surface area contributed by atoms with Crippen LogP contribution in [0.5, 0.6) is 0 Å². The number of aromatic nitrogens is 4. The number of benzene rings is 1. The second-order valence-corrected chi connectivity index (χ2v) is 8.46. The third-order valence-corrected chi connectivity index (χ3v) is 5.88. The van der Waals surface area contributed by atoms with Crippen LogP contribution in [0, 0.1) is 27.7 Å². The van der Waals surface area contributed by atoms with Gasteiger partial charge in [0.25, 0.3) is 5.95 Å². The minimum Gasteiger partial charge on any atom is -0.324 e. The van der Waals surface area contributed by atoms with Crippen LogP contribution in [0.25, 0.3) is 5.95 Å². The summed E-state index contributed by atoms with van der Waals surface area (Å²) in [6.45, 7) is 8.25. The smallest absolute Gasteiger partial charge is 0.251 e. The van der Waals surface area contributed by atoms with Crippen LogP contribution in [0.15, 0.2) is 24.3 Å². The Morgan fingerprint density at radius 1 is 1.12 bits per heavy atom. The molecule has 0 spiro atoms. The van der Waals surface area contributed by atoms with Crippen molar-refractivity contribution in [2.45, 2.75) is 47.0 Å². The predicted molar refractivity (Wildman–Crippen MR) is 123 cm³/mol. The Kier molecular flexibility index (Phi) is 5.97. The molecule has 166 valence electrons. The minimum atomic E-state index is -0.219. The van der Waals surface area contributed by atoms with Crippen LogP contribution in [0.3, 0.4) is 0 Å². The SMILES string of the molecule is Cc1cc(C)nc(-n2nc(C)c(CC(=O)Nc3cc(N4CCCC4=O)ccc3Cl)c2C)n1. The molecule has 4 rings (SSSR count). The second kappa shape index (κ2) is 8.70. The first-order valence-electron chi connectivity index (χ1n) is 10.5. The fourth-order valence-corrected chi connectivity index (χ4v) is 4.15. The van der Waals surface area contributed by atoms with Gasteiger partial charge in [-0.15, -0.1) is 0 Å². The molecule has 1 fully saturated rings. The highest BCUT2D eigenvalue weighted by Crippen LogP contribution is 2.30. The third-order valence-electron chi connectivity index (χ3n) is 5.55. The van der Waals surface area contributed by atoms with Crippen LogP contribution >= 0.6 is 11.6 Å². The molecule has 1 saturated heterocycles. The number of nitrogens with zero attached hydrogens (tertiary/aromatic N) is 5. The lowest BCUT2D eigenvalue weighted by atomic mass is 10.1. The van der Waals surface area contributed by atoms with E-state index >= 15 is 0 Å². The van der Waals surface area contributed by atoms with Crippen molar-refractivity contribution < 1.29 is 9.59 Å². The normalized spacial score (nSPS) is 13.7. The summed E-state index contributed by atoms with van der Waals surface area (Å²) in [5, 5.41) is 7.86. The van der Waals surface area contributed by atoms with E-state index in [1.165, 1.54) is 0 Å². The molecule has 0 unspecified atom stereocenters. The van der Waals surface area contributed by atoms with Gasteiger partial charge in [-0.1, -0.05) is 11.6 Å². The fraction of sp³-hybridized carbons (Fsp3) is 0.348. The lowest BCUT2D eigenvalue weighted by molar-refractivity contribution is -0.117. The lowest BCUT2D eigenvalue weighted by Gasteiger charge is -2.17. The number of hydrogen-bond donors (Lipinski definition) is 1. The zero-order valence-electron chi connectivity index (χ0n) is 18.6. The van der Waals surface area contributed by atoms with Crippen molar-refractivity contribution in [2.75, 3.05) is 16.8 Å². The summed E-state index contributed by atoms with van der Waals surface area (Å²) in [6, 6.07) is 7.14. The Bertz CT molecular complexity index is 1200. The molecule has 0 radical (unpaired) electrons. The molecule has 1 aliphatic rings. The highest BCUT2D eigenvalue weighted by molar-refractivity contribution is 6.33. The zero-order chi connectivity index (χ0) is 23.0. The maximum Gasteiger partial charge on any atom is 0.251 e. The molecule has 0 bridgehead atoms. The number of amides is 2. The Labute approximate surface area is 191 Å². The van der Waals surface area contributed by atoms with E-state index in [4.69, 9.17) is 11.6 Å². The molecule has 1 aliphatic heterocycles. The van der Waals surface area contributed by atoms with Gasteiger partial charge in [0.05, 0.1) is 22.8 Å². The number of hydrogen-bond acceptors (Lipinski definition) is 5. The first-order valence-corrected chi connectivity index (χ1v) is 10.9. The van der Waals surface area contributed by atoms with Crippen LogP contribution in [0.1, 0.15) is 41.2 Å². The summed E-state index contributed by atoms with van der Waals surface area (Å²) in [5.41, 5.74) is 5.28. The van der Waals surface area contributed by atoms with Gasteiger partial charge < -0.3 is 10.2 Å². The molecule has 0 atom stereocenters. The topological polar surface area (TPSA) is 93.0 Å². The van der Waals surface area contributed by atoms with Gasteiger partial charge in [0.15, 0.2) is 0 Å². The molecule has 32 heavy (non-hydrogen) atoms. The van der Waals surface area contributed by atoms with Crippen molar-refractivity contribution >= 4 is 34.8 Å². The lowest BCUT2D eigenvalue weighted by Crippen LogP contribution is -2.24. The number of nitrogens with one attached hydrogen (secondary N) is 1. The number of halogens is 1. The van der Waals surface area contributed by atoms with Crippen LogP contribution in [0.4, 0.5) is 11.4 Å². The van der Waals surface area contributed by atoms with Crippen LogP contribution in [-0.2, 0) is 16.0 Å². The van der Waals surface area contributed by atoms with Gasteiger partial charge in [-0.2, -0.15) is 5.10 Å². The van der Waals surface area contributed by atoms with Gasteiger partial charge in [-0.3, -0.25) is 9.59 Å². The summed E-state index contributed by atoms with van der Waals surface area (Å²) < 4.78 is 1.67. The van der Waals surface area contributed by atoms with E-state index in [9.17, 15) is 9.59 Å². The van der Waals surface area contributed by atoms with Crippen LogP contribution < -0.4 is 10.2 Å². The summed E-state index contributed by atoms with van der Waals surface area (Å²) in [4.78, 5) is 35.6. The summed E-state index contributed by atoms with van der Waals surface area (Å²) in [7, 11) is 0. The van der Waals surface area contributed by atoms with E-state index in [2.05, 4.69) is 20.4 Å². The predicted octanol–water partition coefficient (Wildman–Crippen LogP) is 3.86. The molecule has 8 nitrogen and oxygen atoms in total. The van der Waals surface area contributed by atoms with E-state index in [0.29, 0.717) is 29.6 Å². The van der Waals surface area contributed by atoms with E-state index in [1.54, 1.807) is 27.8 Å². The van der Waals surface area contributed by atoms with Gasteiger partial charge in [0.1, 0.15) is 0 Å². The first-order chi connectivity index (χ1) is 15.2. The number of carbonyl (C=O) groups excluding carboxylic acids is 2. The number of rotatable bonds is 5. The average Bonchev–Trinajstić information content (AvgIpc) is 3.27. The highest BCUT2D eigenvalue weighted by atomic mass is 35.5. The molecule has 2 aromatic heterocycles. The summed E-state index contributed by atoms with van der Waals surface area (Å²) in [5.74, 6) is 0.349. The fourth-order valence-electron chi connectivity index (χ4n) is 3.98. The maximum atomic E-state index is 12.9. The zero-order valence-corrected chi connectivity index (χ0v) is 19.3. The number of carbonyl (C=O) groups is 2. The molecule has 1 aromatic carbocycles. The largest absolute Gasteiger partial charge is 0.324 e. The van der Waals surface area contributed by atoms with Crippen molar-refractivity contribution in [3.8, 4) is 5.95 Å². The minimum absolute atomic E-state index is 0.0804. The van der Waals surface area contributed by atoms with Crippen LogP contribution in [-0.4, -0.2) is 38.1 Å². The molecular formula is C23H25ClN6O2. The number of aryl methyl sites for hydroxylation is 3. The quantitative estimate of drug-likeness (QED) is 0.634. The maximum absolute atomic E-state index is 12.9. The summed E-state index contributed by atoms with van der Waals surface area (Å²) >= 11 is 6.31. The van der Waals surface area contributed by atoms with Gasteiger partial charge in [0, 0.05) is 41.3 Å². The van der Waals surface area contributed by atoms with Gasteiger partial charge in [-0.25, -0.2) is 14.6 Å². The molecule has 3 heterocycles. The standard InChI is InChI=1S/C23H25ClN6O2/c1-13-10-14(2)26-23(25-13)30-16(4)18(15(3)28-30)12-21(31)27-20-11-17(7-8-19(20)24)29-9-5-6-22(29)32/h7-8,10-11H,5-6,9,12H2,1-4H3,(H,27,31). The second-order valence-electron chi connectivity index (χ2n) is 8.05. The molecule has 2 amide bonds. The molecule has 0 aliphatic carbocycles. The molecular weight excluding hydrogens is 428 g/mol. The van der Waals surface area contributed by atoms with E-state index in [1.807, 2.05) is 33.8 Å². The van der Waals surface area contributed by atoms with E-state index in [-0.39, 0.29) is 18.2 Å².